The SMILES string of the molecule is [NH][C@@H]1CCC[C@@H](O)C1. The zero-order valence-corrected chi connectivity index (χ0v) is 4.93. The van der Waals surface area contributed by atoms with E-state index in [1.807, 2.05) is 0 Å². The summed E-state index contributed by atoms with van der Waals surface area (Å²) in [6, 6.07) is 0.0127. The molecule has 0 spiro atoms. The van der Waals surface area contributed by atoms with Crippen LogP contribution in [0.2, 0.25) is 0 Å². The van der Waals surface area contributed by atoms with E-state index in [1.165, 1.54) is 0 Å². The summed E-state index contributed by atoms with van der Waals surface area (Å²) in [5, 5.41) is 8.96. The molecule has 2 heteroatoms. The summed E-state index contributed by atoms with van der Waals surface area (Å²) in [5.74, 6) is 0. The first-order valence-electron chi connectivity index (χ1n) is 3.18. The Labute approximate surface area is 49.7 Å². The highest BCUT2D eigenvalue weighted by molar-refractivity contribution is 4.72. The van der Waals surface area contributed by atoms with E-state index in [2.05, 4.69) is 0 Å². The van der Waals surface area contributed by atoms with Gasteiger partial charge in [0.15, 0.2) is 0 Å². The Morgan fingerprint density at radius 2 is 2.12 bits per heavy atom. The van der Waals surface area contributed by atoms with Crippen molar-refractivity contribution in [3.8, 4) is 0 Å². The van der Waals surface area contributed by atoms with Crippen molar-refractivity contribution < 1.29 is 5.11 Å². The second kappa shape index (κ2) is 2.46. The molecule has 0 heterocycles. The van der Waals surface area contributed by atoms with E-state index in [4.69, 9.17) is 10.8 Å². The van der Waals surface area contributed by atoms with Crippen LogP contribution in [0.1, 0.15) is 25.7 Å². The van der Waals surface area contributed by atoms with Gasteiger partial charge in [0.05, 0.1) is 6.10 Å². The number of nitrogens with one attached hydrogen (secondary N) is 1. The van der Waals surface area contributed by atoms with E-state index in [-0.39, 0.29) is 12.1 Å². The van der Waals surface area contributed by atoms with E-state index in [9.17, 15) is 0 Å². The molecule has 0 unspecified atom stereocenters. The standard InChI is InChI=1S/C6H12NO/c7-5-2-1-3-6(8)4-5/h5-8H,1-4H2/t5-,6-/m1/s1. The van der Waals surface area contributed by atoms with Gasteiger partial charge in [0.2, 0.25) is 0 Å². The summed E-state index contributed by atoms with van der Waals surface area (Å²) in [6.45, 7) is 0. The number of aliphatic hydroxyl groups excluding tert-OH is 1. The molecule has 0 aliphatic heterocycles. The van der Waals surface area contributed by atoms with Gasteiger partial charge in [-0.05, 0) is 25.7 Å². The summed E-state index contributed by atoms with van der Waals surface area (Å²) in [6.07, 6.45) is 3.45. The van der Waals surface area contributed by atoms with Crippen molar-refractivity contribution in [2.24, 2.45) is 0 Å². The molecule has 1 saturated carbocycles. The average molecular weight is 114 g/mol. The molecule has 0 aromatic heterocycles. The fourth-order valence-corrected chi connectivity index (χ4v) is 1.16. The minimum absolute atomic E-state index is 0.0127. The van der Waals surface area contributed by atoms with E-state index >= 15 is 0 Å². The topological polar surface area (TPSA) is 44.0 Å². The molecule has 0 aromatic rings. The minimum Gasteiger partial charge on any atom is -0.393 e. The molecule has 0 aromatic carbocycles. The van der Waals surface area contributed by atoms with Gasteiger partial charge in [0.25, 0.3) is 0 Å². The lowest BCUT2D eigenvalue weighted by Crippen LogP contribution is -2.24. The molecule has 1 aliphatic rings. The van der Waals surface area contributed by atoms with Crippen LogP contribution in [-0.4, -0.2) is 17.3 Å². The number of aliphatic hydroxyl groups is 1. The van der Waals surface area contributed by atoms with Crippen molar-refractivity contribution >= 4 is 0 Å². The monoisotopic (exact) mass is 114 g/mol. The smallest absolute Gasteiger partial charge is 0.0555 e. The predicted molar refractivity (Wildman–Crippen MR) is 31.4 cm³/mol. The number of hydrogen-bond acceptors (Lipinski definition) is 1. The molecular formula is C6H12NO. The normalized spacial score (nSPS) is 39.8. The van der Waals surface area contributed by atoms with Crippen LogP contribution < -0.4 is 5.73 Å². The van der Waals surface area contributed by atoms with Crippen molar-refractivity contribution in [3.63, 3.8) is 0 Å². The van der Waals surface area contributed by atoms with Crippen molar-refractivity contribution in [3.05, 3.63) is 0 Å². The van der Waals surface area contributed by atoms with Gasteiger partial charge in [-0.2, -0.15) is 0 Å². The van der Waals surface area contributed by atoms with Crippen molar-refractivity contribution in [2.45, 2.75) is 37.8 Å². The third-order valence-corrected chi connectivity index (χ3v) is 1.65. The van der Waals surface area contributed by atoms with Crippen LogP contribution in [0.4, 0.5) is 0 Å². The number of hydrogen-bond donors (Lipinski definition) is 1. The van der Waals surface area contributed by atoms with Gasteiger partial charge < -0.3 is 5.11 Å². The summed E-state index contributed by atoms with van der Waals surface area (Å²) >= 11 is 0. The molecule has 2 N–H and O–H groups in total. The highest BCUT2D eigenvalue weighted by Gasteiger charge is 2.16. The van der Waals surface area contributed by atoms with Crippen LogP contribution in [0, 0.1) is 0 Å². The fourth-order valence-electron chi connectivity index (χ4n) is 1.16. The first-order valence-corrected chi connectivity index (χ1v) is 3.18. The first kappa shape index (κ1) is 6.05. The van der Waals surface area contributed by atoms with Gasteiger partial charge in [-0.15, -0.1) is 0 Å². The Morgan fingerprint density at radius 1 is 1.38 bits per heavy atom. The molecule has 47 valence electrons. The lowest BCUT2D eigenvalue weighted by molar-refractivity contribution is 0.119. The fraction of sp³-hybridized carbons (Fsp3) is 1.00. The molecule has 1 rings (SSSR count). The highest BCUT2D eigenvalue weighted by atomic mass is 16.3. The second-order valence-corrected chi connectivity index (χ2v) is 2.52. The van der Waals surface area contributed by atoms with Crippen LogP contribution in [0.3, 0.4) is 0 Å². The largest absolute Gasteiger partial charge is 0.393 e. The third-order valence-electron chi connectivity index (χ3n) is 1.65. The minimum atomic E-state index is -0.175. The lowest BCUT2D eigenvalue weighted by atomic mass is 9.94. The number of rotatable bonds is 0. The maximum atomic E-state index is 8.96. The molecule has 8 heavy (non-hydrogen) atoms. The van der Waals surface area contributed by atoms with E-state index in [0.29, 0.717) is 6.42 Å². The van der Waals surface area contributed by atoms with Gasteiger partial charge in [-0.25, -0.2) is 0 Å². The molecule has 0 amide bonds. The Morgan fingerprint density at radius 3 is 2.50 bits per heavy atom. The van der Waals surface area contributed by atoms with E-state index < -0.39 is 0 Å². The second-order valence-electron chi connectivity index (χ2n) is 2.52. The van der Waals surface area contributed by atoms with Crippen molar-refractivity contribution in [1.82, 2.24) is 5.73 Å². The van der Waals surface area contributed by atoms with E-state index in [0.717, 1.165) is 19.3 Å². The maximum Gasteiger partial charge on any atom is 0.0555 e. The van der Waals surface area contributed by atoms with Crippen LogP contribution in [0.15, 0.2) is 0 Å². The van der Waals surface area contributed by atoms with E-state index in [1.54, 1.807) is 0 Å². The van der Waals surface area contributed by atoms with Crippen LogP contribution in [0.5, 0.6) is 0 Å². The van der Waals surface area contributed by atoms with Gasteiger partial charge >= 0.3 is 0 Å². The first-order chi connectivity index (χ1) is 3.79. The summed E-state index contributed by atoms with van der Waals surface area (Å²) in [7, 11) is 0. The van der Waals surface area contributed by atoms with Crippen molar-refractivity contribution in [2.75, 3.05) is 0 Å². The Bertz CT molecular complexity index is 66.9. The molecule has 0 bridgehead atoms. The van der Waals surface area contributed by atoms with Gasteiger partial charge in [-0.3, -0.25) is 5.73 Å². The molecule has 2 nitrogen and oxygen atoms in total. The molecule has 2 atom stereocenters. The van der Waals surface area contributed by atoms with Gasteiger partial charge in [0.1, 0.15) is 0 Å². The maximum absolute atomic E-state index is 8.96. The molecule has 1 aliphatic carbocycles. The molecule has 0 saturated heterocycles. The zero-order chi connectivity index (χ0) is 5.98. The van der Waals surface area contributed by atoms with Crippen LogP contribution >= 0.6 is 0 Å². The Kier molecular flexibility index (Phi) is 1.86. The Hall–Kier alpha value is -0.0800. The highest BCUT2D eigenvalue weighted by Crippen LogP contribution is 2.16. The van der Waals surface area contributed by atoms with Crippen molar-refractivity contribution in [1.29, 1.82) is 0 Å². The molecule has 1 fully saturated rings. The van der Waals surface area contributed by atoms with Gasteiger partial charge in [0, 0.05) is 6.04 Å². The summed E-state index contributed by atoms with van der Waals surface area (Å²) in [4.78, 5) is 0. The third kappa shape index (κ3) is 1.46. The zero-order valence-electron chi connectivity index (χ0n) is 4.93. The quantitative estimate of drug-likeness (QED) is 0.491. The van der Waals surface area contributed by atoms with Crippen LogP contribution in [0.25, 0.3) is 0 Å². The van der Waals surface area contributed by atoms with Crippen LogP contribution in [-0.2, 0) is 0 Å². The molecular weight excluding hydrogens is 102 g/mol. The summed E-state index contributed by atoms with van der Waals surface area (Å²) < 4.78 is 0. The predicted octanol–water partition coefficient (Wildman–Crippen LogP) is 0.573. The van der Waals surface area contributed by atoms with Gasteiger partial charge in [-0.1, -0.05) is 0 Å². The lowest BCUT2D eigenvalue weighted by Gasteiger charge is -2.20. The molecule has 1 radical (unpaired) electrons. The summed E-state index contributed by atoms with van der Waals surface area (Å²) in [5.41, 5.74) is 7.24. The average Bonchev–Trinajstić information content (AvgIpc) is 1.64. The Balaban J connectivity index is 2.23.